The number of non-ortho nitro benzene ring substituents is 1. The Morgan fingerprint density at radius 3 is 1.81 bits per heavy atom. The smallest absolute Gasteiger partial charge is 0.269 e. The van der Waals surface area contributed by atoms with Crippen molar-refractivity contribution in [2.75, 3.05) is 5.32 Å². The lowest BCUT2D eigenvalue weighted by Crippen LogP contribution is -2.41. The van der Waals surface area contributed by atoms with Gasteiger partial charge < -0.3 is 5.32 Å². The lowest BCUT2D eigenvalue weighted by atomic mass is 10.1. The van der Waals surface area contributed by atoms with Crippen LogP contribution in [0.4, 0.5) is 11.4 Å². The fourth-order valence-electron chi connectivity index (χ4n) is 2.69. The van der Waals surface area contributed by atoms with E-state index >= 15 is 0 Å². The highest BCUT2D eigenvalue weighted by Gasteiger charge is 2.12. The van der Waals surface area contributed by atoms with Crippen molar-refractivity contribution in [1.29, 1.82) is 0 Å². The molecule has 156 valence electrons. The summed E-state index contributed by atoms with van der Waals surface area (Å²) in [5.41, 5.74) is 6.78. The largest absolute Gasteiger partial charge is 0.322 e. The SMILES string of the molecule is Cc1cccc(C(=O)Nc2ccc(C(=O)NNC(=O)c3ccc([N+](=O)[O-])cc3)cc2)c1. The van der Waals surface area contributed by atoms with Crippen LogP contribution in [0.2, 0.25) is 0 Å². The van der Waals surface area contributed by atoms with Crippen LogP contribution < -0.4 is 16.2 Å². The second-order valence-corrected chi connectivity index (χ2v) is 6.61. The molecule has 0 heterocycles. The van der Waals surface area contributed by atoms with Gasteiger partial charge in [0.25, 0.3) is 23.4 Å². The molecule has 0 aliphatic heterocycles. The minimum Gasteiger partial charge on any atom is -0.322 e. The van der Waals surface area contributed by atoms with Gasteiger partial charge in [-0.25, -0.2) is 0 Å². The summed E-state index contributed by atoms with van der Waals surface area (Å²) in [5, 5.41) is 13.4. The number of rotatable bonds is 5. The van der Waals surface area contributed by atoms with Crippen LogP contribution in [0.5, 0.6) is 0 Å². The van der Waals surface area contributed by atoms with Crippen LogP contribution >= 0.6 is 0 Å². The first kappa shape index (κ1) is 21.2. The fraction of sp³-hybridized carbons (Fsp3) is 0.0455. The summed E-state index contributed by atoms with van der Waals surface area (Å²) < 4.78 is 0. The van der Waals surface area contributed by atoms with Crippen LogP contribution in [0.15, 0.2) is 72.8 Å². The minimum absolute atomic E-state index is 0.143. The third-order valence-electron chi connectivity index (χ3n) is 4.32. The number of carbonyl (C=O) groups is 3. The van der Waals surface area contributed by atoms with Gasteiger partial charge in [-0.15, -0.1) is 0 Å². The van der Waals surface area contributed by atoms with Crippen molar-refractivity contribution < 1.29 is 19.3 Å². The van der Waals surface area contributed by atoms with Crippen molar-refractivity contribution in [3.8, 4) is 0 Å². The standard InChI is InChI=1S/C22H18N4O5/c1-14-3-2-4-17(13-14)20(27)23-18-9-5-15(6-10-18)21(28)24-25-22(29)16-7-11-19(12-8-16)26(30)31/h2-13H,1H3,(H,23,27)(H,24,28)(H,25,29). The number of hydrogen-bond acceptors (Lipinski definition) is 5. The summed E-state index contributed by atoms with van der Waals surface area (Å²) in [4.78, 5) is 46.6. The van der Waals surface area contributed by atoms with E-state index in [0.717, 1.165) is 5.56 Å². The highest BCUT2D eigenvalue weighted by atomic mass is 16.6. The first-order chi connectivity index (χ1) is 14.8. The van der Waals surface area contributed by atoms with Crippen molar-refractivity contribution in [3.63, 3.8) is 0 Å². The van der Waals surface area contributed by atoms with Crippen molar-refractivity contribution in [2.24, 2.45) is 0 Å². The Bertz CT molecular complexity index is 1140. The molecule has 0 aliphatic rings. The van der Waals surface area contributed by atoms with Gasteiger partial charge in [0.05, 0.1) is 4.92 Å². The Labute approximate surface area is 177 Å². The summed E-state index contributed by atoms with van der Waals surface area (Å²) in [6.07, 6.45) is 0. The fourth-order valence-corrected chi connectivity index (χ4v) is 2.69. The highest BCUT2D eigenvalue weighted by molar-refractivity contribution is 6.05. The van der Waals surface area contributed by atoms with E-state index in [1.54, 1.807) is 30.3 Å². The number of hydrazine groups is 1. The molecule has 0 saturated heterocycles. The molecule has 3 N–H and O–H groups in total. The molecule has 0 saturated carbocycles. The van der Waals surface area contributed by atoms with Crippen LogP contribution in [-0.2, 0) is 0 Å². The van der Waals surface area contributed by atoms with Crippen LogP contribution in [0.3, 0.4) is 0 Å². The molecule has 0 radical (unpaired) electrons. The third-order valence-corrected chi connectivity index (χ3v) is 4.32. The molecule has 0 atom stereocenters. The monoisotopic (exact) mass is 418 g/mol. The Morgan fingerprint density at radius 2 is 1.29 bits per heavy atom. The predicted molar refractivity (Wildman–Crippen MR) is 114 cm³/mol. The number of carbonyl (C=O) groups excluding carboxylic acids is 3. The molecule has 0 fully saturated rings. The Hall–Kier alpha value is -4.53. The number of nitro benzene ring substituents is 1. The number of nitro groups is 1. The van der Waals surface area contributed by atoms with Gasteiger partial charge in [-0.2, -0.15) is 0 Å². The van der Waals surface area contributed by atoms with E-state index in [-0.39, 0.29) is 22.7 Å². The molecule has 0 bridgehead atoms. The zero-order valence-electron chi connectivity index (χ0n) is 16.4. The Kier molecular flexibility index (Phi) is 6.36. The van der Waals surface area contributed by atoms with Gasteiger partial charge in [0, 0.05) is 34.5 Å². The van der Waals surface area contributed by atoms with Crippen LogP contribution in [0.25, 0.3) is 0 Å². The molecule has 9 nitrogen and oxygen atoms in total. The number of amides is 3. The molecule has 0 aliphatic carbocycles. The first-order valence-corrected chi connectivity index (χ1v) is 9.17. The van der Waals surface area contributed by atoms with Gasteiger partial charge in [0.15, 0.2) is 0 Å². The predicted octanol–water partition coefficient (Wildman–Crippen LogP) is 3.23. The summed E-state index contributed by atoms with van der Waals surface area (Å²) >= 11 is 0. The zero-order valence-corrected chi connectivity index (χ0v) is 16.4. The second kappa shape index (κ2) is 9.31. The van der Waals surface area contributed by atoms with Gasteiger partial charge in [0.1, 0.15) is 0 Å². The number of nitrogens with zero attached hydrogens (tertiary/aromatic N) is 1. The molecule has 3 amide bonds. The maximum Gasteiger partial charge on any atom is 0.269 e. The Morgan fingerprint density at radius 1 is 0.742 bits per heavy atom. The molecule has 3 aromatic rings. The summed E-state index contributed by atoms with van der Waals surface area (Å²) in [6, 6.07) is 18.3. The second-order valence-electron chi connectivity index (χ2n) is 6.61. The van der Waals surface area contributed by atoms with Crippen LogP contribution in [0, 0.1) is 17.0 Å². The molecular formula is C22H18N4O5. The number of benzene rings is 3. The van der Waals surface area contributed by atoms with Crippen molar-refractivity contribution in [3.05, 3.63) is 105 Å². The molecule has 31 heavy (non-hydrogen) atoms. The molecule has 0 spiro atoms. The van der Waals surface area contributed by atoms with Crippen molar-refractivity contribution >= 4 is 29.1 Å². The highest BCUT2D eigenvalue weighted by Crippen LogP contribution is 2.13. The number of hydrogen-bond donors (Lipinski definition) is 3. The molecule has 0 unspecified atom stereocenters. The first-order valence-electron chi connectivity index (χ1n) is 9.17. The molecular weight excluding hydrogens is 400 g/mol. The van der Waals surface area contributed by atoms with E-state index in [1.165, 1.54) is 36.4 Å². The van der Waals surface area contributed by atoms with E-state index < -0.39 is 16.7 Å². The quantitative estimate of drug-likeness (QED) is 0.433. The minimum atomic E-state index is -0.620. The van der Waals surface area contributed by atoms with Crippen LogP contribution in [-0.4, -0.2) is 22.6 Å². The molecule has 3 rings (SSSR count). The van der Waals surface area contributed by atoms with E-state index in [4.69, 9.17) is 0 Å². The lowest BCUT2D eigenvalue weighted by molar-refractivity contribution is -0.384. The molecule has 0 aromatic heterocycles. The van der Waals surface area contributed by atoms with E-state index in [0.29, 0.717) is 11.3 Å². The van der Waals surface area contributed by atoms with Gasteiger partial charge in [-0.3, -0.25) is 35.3 Å². The van der Waals surface area contributed by atoms with Crippen LogP contribution in [0.1, 0.15) is 36.6 Å². The summed E-state index contributed by atoms with van der Waals surface area (Å²) in [7, 11) is 0. The maximum atomic E-state index is 12.3. The van der Waals surface area contributed by atoms with Gasteiger partial charge in [-0.1, -0.05) is 17.7 Å². The molecule has 9 heteroatoms. The third kappa shape index (κ3) is 5.51. The maximum absolute atomic E-state index is 12.3. The molecule has 3 aromatic carbocycles. The number of anilines is 1. The van der Waals surface area contributed by atoms with Crippen molar-refractivity contribution in [2.45, 2.75) is 6.92 Å². The normalized spacial score (nSPS) is 10.1. The topological polar surface area (TPSA) is 130 Å². The average molecular weight is 418 g/mol. The van der Waals surface area contributed by atoms with Crippen molar-refractivity contribution in [1.82, 2.24) is 10.9 Å². The number of nitrogens with one attached hydrogen (secondary N) is 3. The van der Waals surface area contributed by atoms with E-state index in [9.17, 15) is 24.5 Å². The summed E-state index contributed by atoms with van der Waals surface area (Å²) in [5.74, 6) is -1.45. The average Bonchev–Trinajstić information content (AvgIpc) is 2.77. The Balaban J connectivity index is 1.55. The van der Waals surface area contributed by atoms with Gasteiger partial charge >= 0.3 is 0 Å². The lowest BCUT2D eigenvalue weighted by Gasteiger charge is -2.09. The number of aryl methyl sites for hydroxylation is 1. The van der Waals surface area contributed by atoms with Gasteiger partial charge in [-0.05, 0) is 55.5 Å². The van der Waals surface area contributed by atoms with E-state index in [2.05, 4.69) is 16.2 Å². The summed E-state index contributed by atoms with van der Waals surface area (Å²) in [6.45, 7) is 1.89. The van der Waals surface area contributed by atoms with E-state index in [1.807, 2.05) is 13.0 Å². The van der Waals surface area contributed by atoms with Gasteiger partial charge in [0.2, 0.25) is 0 Å². The zero-order chi connectivity index (χ0) is 22.4.